The van der Waals surface area contributed by atoms with Crippen LogP contribution >= 0.6 is 0 Å². The number of rotatable bonds is 3. The van der Waals surface area contributed by atoms with Gasteiger partial charge < -0.3 is 9.30 Å². The van der Waals surface area contributed by atoms with Gasteiger partial charge in [0.05, 0.1) is 6.61 Å². The Morgan fingerprint density at radius 2 is 2.54 bits per heavy atom. The fraction of sp³-hybridized carbons (Fsp3) is 0.625. The van der Waals surface area contributed by atoms with Gasteiger partial charge in [-0.3, -0.25) is 0 Å². The molecular formula is C8H11N3O2. The predicted molar refractivity (Wildman–Crippen MR) is 44.2 cm³/mol. The van der Waals surface area contributed by atoms with Gasteiger partial charge in [-0.15, -0.1) is 10.2 Å². The molecule has 0 unspecified atom stereocenters. The Kier molecular flexibility index (Phi) is 2.00. The SMILES string of the molecule is CCOC(=O)c1nncn1C1CC1. The molecule has 70 valence electrons. The van der Waals surface area contributed by atoms with Crippen LogP contribution in [0.4, 0.5) is 0 Å². The molecule has 0 bridgehead atoms. The van der Waals surface area contributed by atoms with Crippen molar-refractivity contribution >= 4 is 5.97 Å². The molecule has 0 atom stereocenters. The van der Waals surface area contributed by atoms with Crippen LogP contribution in [0.5, 0.6) is 0 Å². The van der Waals surface area contributed by atoms with Crippen molar-refractivity contribution in [3.05, 3.63) is 12.2 Å². The molecule has 1 aromatic rings. The van der Waals surface area contributed by atoms with E-state index in [4.69, 9.17) is 4.74 Å². The van der Waals surface area contributed by atoms with Crippen LogP contribution in [-0.2, 0) is 4.74 Å². The summed E-state index contributed by atoms with van der Waals surface area (Å²) in [6.45, 7) is 2.14. The van der Waals surface area contributed by atoms with Gasteiger partial charge >= 0.3 is 5.97 Å². The van der Waals surface area contributed by atoms with Gasteiger partial charge in [0.15, 0.2) is 0 Å². The molecule has 0 N–H and O–H groups in total. The molecule has 1 aliphatic carbocycles. The molecule has 0 amide bonds. The van der Waals surface area contributed by atoms with Crippen molar-refractivity contribution < 1.29 is 9.53 Å². The fourth-order valence-corrected chi connectivity index (χ4v) is 1.20. The molecule has 2 rings (SSSR count). The van der Waals surface area contributed by atoms with Crippen molar-refractivity contribution in [2.24, 2.45) is 0 Å². The largest absolute Gasteiger partial charge is 0.460 e. The summed E-state index contributed by atoms with van der Waals surface area (Å²) in [6, 6.07) is 0.411. The maximum atomic E-state index is 11.3. The number of esters is 1. The first-order valence-corrected chi connectivity index (χ1v) is 4.39. The normalized spacial score (nSPS) is 15.8. The summed E-state index contributed by atoms with van der Waals surface area (Å²) in [5.41, 5.74) is 0. The number of hydrogen-bond acceptors (Lipinski definition) is 4. The average Bonchev–Trinajstić information content (AvgIpc) is 2.84. The number of carbonyl (C=O) groups excluding carboxylic acids is 1. The number of nitrogens with zero attached hydrogens (tertiary/aromatic N) is 3. The van der Waals surface area contributed by atoms with Crippen molar-refractivity contribution in [1.82, 2.24) is 14.8 Å². The van der Waals surface area contributed by atoms with E-state index >= 15 is 0 Å². The van der Waals surface area contributed by atoms with Crippen molar-refractivity contribution in [1.29, 1.82) is 0 Å². The zero-order valence-corrected chi connectivity index (χ0v) is 7.43. The Morgan fingerprint density at radius 3 is 3.15 bits per heavy atom. The van der Waals surface area contributed by atoms with E-state index in [0.29, 0.717) is 18.5 Å². The lowest BCUT2D eigenvalue weighted by molar-refractivity contribution is 0.0505. The number of aromatic nitrogens is 3. The van der Waals surface area contributed by atoms with Crippen LogP contribution in [0.25, 0.3) is 0 Å². The van der Waals surface area contributed by atoms with Gasteiger partial charge in [0.2, 0.25) is 5.82 Å². The summed E-state index contributed by atoms with van der Waals surface area (Å²) < 4.78 is 6.63. The summed E-state index contributed by atoms with van der Waals surface area (Å²) in [6.07, 6.45) is 3.79. The lowest BCUT2D eigenvalue weighted by atomic mass is 10.5. The first-order valence-electron chi connectivity index (χ1n) is 4.39. The van der Waals surface area contributed by atoms with Crippen molar-refractivity contribution in [3.8, 4) is 0 Å². The van der Waals surface area contributed by atoms with Gasteiger partial charge in [-0.1, -0.05) is 0 Å². The molecule has 1 fully saturated rings. The van der Waals surface area contributed by atoms with E-state index in [1.54, 1.807) is 17.8 Å². The standard InChI is InChI=1S/C8H11N3O2/c1-2-13-8(12)7-10-9-5-11(7)6-3-4-6/h5-6H,2-4H2,1H3. The smallest absolute Gasteiger partial charge is 0.376 e. The summed E-state index contributed by atoms with van der Waals surface area (Å²) >= 11 is 0. The Labute approximate surface area is 75.7 Å². The number of ether oxygens (including phenoxy) is 1. The van der Waals surface area contributed by atoms with E-state index in [2.05, 4.69) is 10.2 Å². The third-order valence-corrected chi connectivity index (χ3v) is 1.97. The van der Waals surface area contributed by atoms with Gasteiger partial charge in [0.1, 0.15) is 6.33 Å². The van der Waals surface area contributed by atoms with E-state index in [-0.39, 0.29) is 5.97 Å². The lowest BCUT2D eigenvalue weighted by Crippen LogP contribution is -2.12. The molecule has 1 saturated carbocycles. The van der Waals surface area contributed by atoms with E-state index < -0.39 is 0 Å². The lowest BCUT2D eigenvalue weighted by Gasteiger charge is -2.02. The minimum Gasteiger partial charge on any atom is -0.460 e. The summed E-state index contributed by atoms with van der Waals surface area (Å²) in [7, 11) is 0. The first-order chi connectivity index (χ1) is 6.33. The van der Waals surface area contributed by atoms with Crippen molar-refractivity contribution in [2.45, 2.75) is 25.8 Å². The molecule has 0 aromatic carbocycles. The van der Waals surface area contributed by atoms with Crippen LogP contribution in [0.15, 0.2) is 6.33 Å². The molecule has 0 spiro atoms. The third-order valence-electron chi connectivity index (χ3n) is 1.97. The second kappa shape index (κ2) is 3.16. The minimum atomic E-state index is -0.382. The van der Waals surface area contributed by atoms with Gasteiger partial charge in [-0.05, 0) is 19.8 Å². The highest BCUT2D eigenvalue weighted by Crippen LogP contribution is 2.35. The van der Waals surface area contributed by atoms with Crippen molar-refractivity contribution in [2.75, 3.05) is 6.61 Å². The predicted octanol–water partition coefficient (Wildman–Crippen LogP) is 0.790. The topological polar surface area (TPSA) is 57.0 Å². The quantitative estimate of drug-likeness (QED) is 0.647. The highest BCUT2D eigenvalue weighted by molar-refractivity contribution is 5.85. The molecule has 0 radical (unpaired) electrons. The maximum Gasteiger partial charge on any atom is 0.376 e. The van der Waals surface area contributed by atoms with E-state index in [1.807, 2.05) is 0 Å². The molecule has 1 aliphatic rings. The molecule has 5 heteroatoms. The van der Waals surface area contributed by atoms with Crippen LogP contribution < -0.4 is 0 Å². The highest BCUT2D eigenvalue weighted by atomic mass is 16.5. The molecule has 13 heavy (non-hydrogen) atoms. The summed E-state index contributed by atoms with van der Waals surface area (Å²) in [5.74, 6) is -0.0590. The molecule has 1 aromatic heterocycles. The second-order valence-electron chi connectivity index (χ2n) is 3.01. The van der Waals surface area contributed by atoms with Crippen LogP contribution in [0.1, 0.15) is 36.4 Å². The van der Waals surface area contributed by atoms with Crippen molar-refractivity contribution in [3.63, 3.8) is 0 Å². The molecule has 1 heterocycles. The summed E-state index contributed by atoms with van der Waals surface area (Å²) in [4.78, 5) is 11.3. The monoisotopic (exact) mass is 181 g/mol. The van der Waals surface area contributed by atoms with Gasteiger partial charge in [-0.25, -0.2) is 4.79 Å². The number of hydrogen-bond donors (Lipinski definition) is 0. The van der Waals surface area contributed by atoms with E-state index in [0.717, 1.165) is 12.8 Å². The molecule has 0 aliphatic heterocycles. The first kappa shape index (κ1) is 8.22. The molecule has 0 saturated heterocycles. The molecule has 5 nitrogen and oxygen atoms in total. The zero-order chi connectivity index (χ0) is 9.26. The highest BCUT2D eigenvalue weighted by Gasteiger charge is 2.28. The maximum absolute atomic E-state index is 11.3. The number of carbonyl (C=O) groups is 1. The minimum absolute atomic E-state index is 0.323. The third kappa shape index (κ3) is 1.54. The second-order valence-corrected chi connectivity index (χ2v) is 3.01. The van der Waals surface area contributed by atoms with Crippen LogP contribution in [0, 0.1) is 0 Å². The Balaban J connectivity index is 2.18. The zero-order valence-electron chi connectivity index (χ0n) is 7.43. The van der Waals surface area contributed by atoms with Crippen LogP contribution in [0.3, 0.4) is 0 Å². The summed E-state index contributed by atoms with van der Waals surface area (Å²) in [5, 5.41) is 7.43. The van der Waals surface area contributed by atoms with Crippen LogP contribution in [0.2, 0.25) is 0 Å². The molecular weight excluding hydrogens is 170 g/mol. The Hall–Kier alpha value is -1.39. The Bertz CT molecular complexity index is 317. The van der Waals surface area contributed by atoms with Gasteiger partial charge in [-0.2, -0.15) is 0 Å². The Morgan fingerprint density at radius 1 is 1.77 bits per heavy atom. The van der Waals surface area contributed by atoms with E-state index in [1.165, 1.54) is 0 Å². The van der Waals surface area contributed by atoms with Gasteiger partial charge in [0.25, 0.3) is 0 Å². The van der Waals surface area contributed by atoms with Crippen LogP contribution in [-0.4, -0.2) is 27.3 Å². The van der Waals surface area contributed by atoms with Gasteiger partial charge in [0, 0.05) is 6.04 Å². The fourth-order valence-electron chi connectivity index (χ4n) is 1.20. The average molecular weight is 181 g/mol. The van der Waals surface area contributed by atoms with E-state index in [9.17, 15) is 4.79 Å².